The largest absolute Gasteiger partial charge is 0.354 e. The Hall–Kier alpha value is -1.69. The van der Waals surface area contributed by atoms with E-state index in [-0.39, 0.29) is 11.8 Å². The van der Waals surface area contributed by atoms with Gasteiger partial charge in [0.2, 0.25) is 11.8 Å². The molecule has 0 saturated carbocycles. The average Bonchev–Trinajstić information content (AvgIpc) is 2.75. The zero-order valence-electron chi connectivity index (χ0n) is 18.2. The summed E-state index contributed by atoms with van der Waals surface area (Å²) in [7, 11) is 0. The highest BCUT2D eigenvalue weighted by Crippen LogP contribution is 2.25. The number of halogens is 2. The van der Waals surface area contributed by atoms with Gasteiger partial charge in [0, 0.05) is 30.2 Å². The highest BCUT2D eigenvalue weighted by molar-refractivity contribution is 7.99. The smallest absolute Gasteiger partial charge is 0.242 e. The summed E-state index contributed by atoms with van der Waals surface area (Å²) in [4.78, 5) is 28.9. The molecule has 1 N–H and O–H groups in total. The third-order valence-electron chi connectivity index (χ3n) is 4.74. The summed E-state index contributed by atoms with van der Waals surface area (Å²) in [5, 5.41) is 3.87. The molecule has 2 aromatic rings. The third-order valence-corrected chi connectivity index (χ3v) is 6.49. The molecule has 168 valence electrons. The molecule has 31 heavy (non-hydrogen) atoms. The van der Waals surface area contributed by atoms with Gasteiger partial charge in [-0.15, -0.1) is 11.8 Å². The van der Waals surface area contributed by atoms with Crippen molar-refractivity contribution in [1.29, 1.82) is 0 Å². The van der Waals surface area contributed by atoms with Crippen LogP contribution in [0.25, 0.3) is 0 Å². The maximum atomic E-state index is 13.2. The van der Waals surface area contributed by atoms with Gasteiger partial charge in [-0.25, -0.2) is 0 Å². The molecule has 0 radical (unpaired) electrons. The molecule has 1 unspecified atom stereocenters. The Bertz CT molecular complexity index is 862. The van der Waals surface area contributed by atoms with Crippen LogP contribution in [0.5, 0.6) is 0 Å². The summed E-state index contributed by atoms with van der Waals surface area (Å²) >= 11 is 13.8. The van der Waals surface area contributed by atoms with Crippen LogP contribution in [0.4, 0.5) is 0 Å². The van der Waals surface area contributed by atoms with Crippen LogP contribution in [0, 0.1) is 5.92 Å². The maximum Gasteiger partial charge on any atom is 0.242 e. The van der Waals surface area contributed by atoms with E-state index in [1.54, 1.807) is 28.8 Å². The van der Waals surface area contributed by atoms with Crippen molar-refractivity contribution in [3.63, 3.8) is 0 Å². The van der Waals surface area contributed by atoms with Crippen LogP contribution in [0.1, 0.15) is 39.2 Å². The Morgan fingerprint density at radius 2 is 1.77 bits per heavy atom. The lowest BCUT2D eigenvalue weighted by atomic mass is 10.1. The lowest BCUT2D eigenvalue weighted by Crippen LogP contribution is -2.49. The molecule has 1 atom stereocenters. The normalized spacial score (nSPS) is 11.9. The standard InChI is InChI=1S/C24H30Cl2N2O2S/c1-4-22(24(30)27-15-17(2)3)28(16-18-10-11-20(25)21(26)14-18)23(29)12-13-31-19-8-6-5-7-9-19/h5-11,14,17,22H,4,12-13,15-16H2,1-3H3,(H,27,30). The van der Waals surface area contributed by atoms with Crippen LogP contribution in [-0.4, -0.2) is 35.1 Å². The van der Waals surface area contributed by atoms with Crippen molar-refractivity contribution < 1.29 is 9.59 Å². The second-order valence-electron chi connectivity index (χ2n) is 7.74. The first-order valence-electron chi connectivity index (χ1n) is 10.5. The summed E-state index contributed by atoms with van der Waals surface area (Å²) in [6.45, 7) is 6.89. The first kappa shape index (κ1) is 25.6. The number of carbonyl (C=O) groups excluding carboxylic acids is 2. The van der Waals surface area contributed by atoms with E-state index in [2.05, 4.69) is 5.32 Å². The number of rotatable bonds is 11. The van der Waals surface area contributed by atoms with Gasteiger partial charge in [-0.05, 0) is 42.2 Å². The molecule has 0 aromatic heterocycles. The molecule has 0 fully saturated rings. The average molecular weight is 481 g/mol. The maximum absolute atomic E-state index is 13.2. The van der Waals surface area contributed by atoms with Gasteiger partial charge in [-0.2, -0.15) is 0 Å². The molecule has 0 saturated heterocycles. The van der Waals surface area contributed by atoms with Crippen molar-refractivity contribution in [2.45, 2.75) is 51.1 Å². The fourth-order valence-electron chi connectivity index (χ4n) is 3.09. The fourth-order valence-corrected chi connectivity index (χ4v) is 4.28. The quantitative estimate of drug-likeness (QED) is 0.397. The third kappa shape index (κ3) is 8.40. The second kappa shape index (κ2) is 13.0. The predicted molar refractivity (Wildman–Crippen MR) is 131 cm³/mol. The lowest BCUT2D eigenvalue weighted by Gasteiger charge is -2.31. The van der Waals surface area contributed by atoms with Crippen molar-refractivity contribution in [2.24, 2.45) is 5.92 Å². The second-order valence-corrected chi connectivity index (χ2v) is 9.73. The highest BCUT2D eigenvalue weighted by Gasteiger charge is 2.28. The van der Waals surface area contributed by atoms with Gasteiger partial charge in [-0.1, -0.05) is 68.2 Å². The van der Waals surface area contributed by atoms with Crippen molar-refractivity contribution in [3.05, 3.63) is 64.1 Å². The van der Waals surface area contributed by atoms with Crippen LogP contribution in [0.2, 0.25) is 10.0 Å². The molecule has 7 heteroatoms. The Kier molecular flexibility index (Phi) is 10.7. The molecule has 0 aliphatic heterocycles. The highest BCUT2D eigenvalue weighted by atomic mass is 35.5. The van der Waals surface area contributed by atoms with Crippen LogP contribution < -0.4 is 5.32 Å². The van der Waals surface area contributed by atoms with Crippen LogP contribution >= 0.6 is 35.0 Å². The number of nitrogens with one attached hydrogen (secondary N) is 1. The van der Waals surface area contributed by atoms with Crippen LogP contribution in [-0.2, 0) is 16.1 Å². The van der Waals surface area contributed by atoms with Gasteiger partial charge in [-0.3, -0.25) is 9.59 Å². The molecule has 2 aromatic carbocycles. The van der Waals surface area contributed by atoms with Crippen molar-refractivity contribution >= 4 is 46.8 Å². The Balaban J connectivity index is 2.15. The van der Waals surface area contributed by atoms with E-state index >= 15 is 0 Å². The van der Waals surface area contributed by atoms with Gasteiger partial charge < -0.3 is 10.2 Å². The predicted octanol–water partition coefficient (Wildman–Crippen LogP) is 6.06. The van der Waals surface area contributed by atoms with E-state index in [0.717, 1.165) is 10.5 Å². The minimum absolute atomic E-state index is 0.0546. The molecule has 0 bridgehead atoms. The molecule has 0 heterocycles. The number of hydrogen-bond acceptors (Lipinski definition) is 3. The Labute approximate surface area is 199 Å². The van der Waals surface area contributed by atoms with E-state index < -0.39 is 6.04 Å². The SMILES string of the molecule is CCC(C(=O)NCC(C)C)N(Cc1ccc(Cl)c(Cl)c1)C(=O)CCSc1ccccc1. The minimum atomic E-state index is -0.539. The number of nitrogens with zero attached hydrogens (tertiary/aromatic N) is 1. The number of hydrogen-bond donors (Lipinski definition) is 1. The number of benzene rings is 2. The van der Waals surface area contributed by atoms with E-state index in [0.29, 0.717) is 47.6 Å². The van der Waals surface area contributed by atoms with Crippen molar-refractivity contribution in [1.82, 2.24) is 10.2 Å². The first-order chi connectivity index (χ1) is 14.8. The van der Waals surface area contributed by atoms with E-state index in [1.807, 2.05) is 57.2 Å². The zero-order valence-corrected chi connectivity index (χ0v) is 20.6. The molecule has 0 aliphatic carbocycles. The Morgan fingerprint density at radius 3 is 2.39 bits per heavy atom. The summed E-state index contributed by atoms with van der Waals surface area (Å²) in [6.07, 6.45) is 0.873. The molecule has 0 spiro atoms. The zero-order chi connectivity index (χ0) is 22.8. The molecule has 2 amide bonds. The monoisotopic (exact) mass is 480 g/mol. The number of carbonyl (C=O) groups is 2. The number of thioether (sulfide) groups is 1. The number of amides is 2. The van der Waals surface area contributed by atoms with Crippen LogP contribution in [0.3, 0.4) is 0 Å². The summed E-state index contributed by atoms with van der Waals surface area (Å²) < 4.78 is 0. The van der Waals surface area contributed by atoms with Gasteiger partial charge in [0.25, 0.3) is 0 Å². The summed E-state index contributed by atoms with van der Waals surface area (Å²) in [5.41, 5.74) is 0.841. The molecular formula is C24H30Cl2N2O2S. The van der Waals surface area contributed by atoms with Gasteiger partial charge in [0.1, 0.15) is 6.04 Å². The van der Waals surface area contributed by atoms with Crippen molar-refractivity contribution in [2.75, 3.05) is 12.3 Å². The van der Waals surface area contributed by atoms with E-state index in [4.69, 9.17) is 23.2 Å². The van der Waals surface area contributed by atoms with Crippen molar-refractivity contribution in [3.8, 4) is 0 Å². The first-order valence-corrected chi connectivity index (χ1v) is 12.2. The molecule has 2 rings (SSSR count). The lowest BCUT2D eigenvalue weighted by molar-refractivity contribution is -0.141. The fraction of sp³-hybridized carbons (Fsp3) is 0.417. The van der Waals surface area contributed by atoms with Crippen LogP contribution in [0.15, 0.2) is 53.4 Å². The Morgan fingerprint density at radius 1 is 1.06 bits per heavy atom. The summed E-state index contributed by atoms with van der Waals surface area (Å²) in [5.74, 6) is 0.800. The van der Waals surface area contributed by atoms with E-state index in [9.17, 15) is 9.59 Å². The molecule has 0 aliphatic rings. The van der Waals surface area contributed by atoms with Gasteiger partial charge >= 0.3 is 0 Å². The molecule has 4 nitrogen and oxygen atoms in total. The van der Waals surface area contributed by atoms with Gasteiger partial charge in [0.15, 0.2) is 0 Å². The topological polar surface area (TPSA) is 49.4 Å². The molecular weight excluding hydrogens is 451 g/mol. The van der Waals surface area contributed by atoms with E-state index in [1.165, 1.54) is 0 Å². The minimum Gasteiger partial charge on any atom is -0.354 e. The van der Waals surface area contributed by atoms with Gasteiger partial charge in [0.05, 0.1) is 10.0 Å². The summed E-state index contributed by atoms with van der Waals surface area (Å²) in [6, 6.07) is 14.7.